The topological polar surface area (TPSA) is 157 Å². The van der Waals surface area contributed by atoms with E-state index < -0.39 is 11.9 Å². The smallest absolute Gasteiger partial charge is 0.243 e. The van der Waals surface area contributed by atoms with E-state index in [1.165, 1.54) is 19.2 Å². The maximum Gasteiger partial charge on any atom is 0.243 e. The molecule has 0 bridgehead atoms. The van der Waals surface area contributed by atoms with Gasteiger partial charge in [0.25, 0.3) is 0 Å². The summed E-state index contributed by atoms with van der Waals surface area (Å²) in [7, 11) is 1.47. The molecular formula is C22H25FN8O2. The molecule has 0 amide bonds. The van der Waals surface area contributed by atoms with Gasteiger partial charge in [-0.05, 0) is 43.3 Å². The second-order valence-electron chi connectivity index (χ2n) is 6.75. The van der Waals surface area contributed by atoms with Gasteiger partial charge in [0.15, 0.2) is 11.6 Å². The lowest BCUT2D eigenvalue weighted by atomic mass is 10.0. The number of benzene rings is 2. The van der Waals surface area contributed by atoms with Crippen molar-refractivity contribution in [3.8, 4) is 11.5 Å². The van der Waals surface area contributed by atoms with Gasteiger partial charge in [-0.15, -0.1) is 0 Å². The van der Waals surface area contributed by atoms with Crippen LogP contribution in [0.4, 0.5) is 16.0 Å². The van der Waals surface area contributed by atoms with Crippen LogP contribution in [-0.2, 0) is 0 Å². The average molecular weight is 452 g/mol. The van der Waals surface area contributed by atoms with Gasteiger partial charge in [-0.2, -0.15) is 5.10 Å². The van der Waals surface area contributed by atoms with E-state index in [0.29, 0.717) is 17.0 Å². The fourth-order valence-electron chi connectivity index (χ4n) is 2.94. The molecule has 0 fully saturated rings. The van der Waals surface area contributed by atoms with E-state index in [1.807, 2.05) is 0 Å². The SMILES string of the molecule is CCOc1cc(OC)cc(C(Nc2ccc(C(=N)N)cc2)/C(N)=N/Nc2ncccn2)c1F. The van der Waals surface area contributed by atoms with Crippen molar-refractivity contribution in [2.45, 2.75) is 13.0 Å². The van der Waals surface area contributed by atoms with Crippen molar-refractivity contribution < 1.29 is 13.9 Å². The highest BCUT2D eigenvalue weighted by molar-refractivity contribution is 5.95. The van der Waals surface area contributed by atoms with Crippen LogP contribution in [0.15, 0.2) is 60.0 Å². The van der Waals surface area contributed by atoms with Crippen LogP contribution in [0, 0.1) is 11.2 Å². The molecule has 1 atom stereocenters. The molecule has 10 nitrogen and oxygen atoms in total. The minimum absolute atomic E-state index is 0.00713. The van der Waals surface area contributed by atoms with Gasteiger partial charge in [0.2, 0.25) is 5.95 Å². The van der Waals surface area contributed by atoms with Crippen LogP contribution in [0.25, 0.3) is 0 Å². The highest BCUT2D eigenvalue weighted by Gasteiger charge is 2.24. The van der Waals surface area contributed by atoms with E-state index in [-0.39, 0.29) is 35.5 Å². The van der Waals surface area contributed by atoms with E-state index in [9.17, 15) is 0 Å². The Morgan fingerprint density at radius 2 is 1.88 bits per heavy atom. The molecule has 0 aliphatic carbocycles. The third-order valence-corrected chi connectivity index (χ3v) is 4.54. The van der Waals surface area contributed by atoms with E-state index >= 15 is 4.39 Å². The average Bonchev–Trinajstić information content (AvgIpc) is 2.83. The number of halogens is 1. The Morgan fingerprint density at radius 1 is 1.18 bits per heavy atom. The predicted molar refractivity (Wildman–Crippen MR) is 125 cm³/mol. The summed E-state index contributed by atoms with van der Waals surface area (Å²) in [6, 6.07) is 10.5. The zero-order valence-corrected chi connectivity index (χ0v) is 18.2. The first-order valence-corrected chi connectivity index (χ1v) is 10.00. The monoisotopic (exact) mass is 452 g/mol. The molecular weight excluding hydrogens is 427 g/mol. The van der Waals surface area contributed by atoms with Gasteiger partial charge in [0.1, 0.15) is 23.5 Å². The Hall–Kier alpha value is -4.41. The standard InChI is InChI=1S/C22H25FN8O2/c1-3-33-17-12-15(32-2)11-16(18(17)23)19(21(26)30-31-22-27-9-4-10-28-22)29-14-7-5-13(6-8-14)20(24)25/h4-12,19,29H,3H2,1-2H3,(H3,24,25)(H2,26,30)(H,27,28,31). The van der Waals surface area contributed by atoms with Crippen LogP contribution in [0.2, 0.25) is 0 Å². The van der Waals surface area contributed by atoms with Crippen molar-refractivity contribution in [2.75, 3.05) is 24.5 Å². The molecule has 1 unspecified atom stereocenters. The van der Waals surface area contributed by atoms with Crippen LogP contribution in [0.3, 0.4) is 0 Å². The number of rotatable bonds is 10. The lowest BCUT2D eigenvalue weighted by molar-refractivity contribution is 0.316. The van der Waals surface area contributed by atoms with E-state index in [0.717, 1.165) is 0 Å². The molecule has 11 heteroatoms. The lowest BCUT2D eigenvalue weighted by Gasteiger charge is -2.22. The van der Waals surface area contributed by atoms with Crippen LogP contribution < -0.4 is 31.7 Å². The number of hydrogen-bond acceptors (Lipinski definition) is 8. The van der Waals surface area contributed by atoms with Crippen molar-refractivity contribution >= 4 is 23.3 Å². The Labute approximate surface area is 190 Å². The summed E-state index contributed by atoms with van der Waals surface area (Å²) < 4.78 is 26.2. The van der Waals surface area contributed by atoms with Crippen LogP contribution in [-0.4, -0.2) is 35.4 Å². The fourth-order valence-corrected chi connectivity index (χ4v) is 2.94. The number of amidine groups is 2. The summed E-state index contributed by atoms with van der Waals surface area (Å²) in [6.45, 7) is 2.02. The minimum Gasteiger partial charge on any atom is -0.497 e. The summed E-state index contributed by atoms with van der Waals surface area (Å²) in [6.07, 6.45) is 3.09. The number of anilines is 2. The quantitative estimate of drug-likeness (QED) is 0.179. The van der Waals surface area contributed by atoms with Crippen LogP contribution >= 0.6 is 0 Å². The molecule has 0 saturated carbocycles. The first-order chi connectivity index (χ1) is 15.9. The molecule has 0 saturated heterocycles. The van der Waals surface area contributed by atoms with Gasteiger partial charge < -0.3 is 26.3 Å². The highest BCUT2D eigenvalue weighted by atomic mass is 19.1. The Morgan fingerprint density at radius 3 is 2.48 bits per heavy atom. The zero-order valence-electron chi connectivity index (χ0n) is 18.2. The molecule has 0 aliphatic heterocycles. The molecule has 0 spiro atoms. The predicted octanol–water partition coefficient (Wildman–Crippen LogP) is 2.84. The molecule has 7 N–H and O–H groups in total. The first-order valence-electron chi connectivity index (χ1n) is 10.00. The third kappa shape index (κ3) is 5.85. The van der Waals surface area contributed by atoms with Crippen molar-refractivity contribution in [3.63, 3.8) is 0 Å². The largest absolute Gasteiger partial charge is 0.497 e. The van der Waals surface area contributed by atoms with Gasteiger partial charge >= 0.3 is 0 Å². The number of ether oxygens (including phenoxy) is 2. The molecule has 33 heavy (non-hydrogen) atoms. The Balaban J connectivity index is 2.02. The Kier molecular flexibility index (Phi) is 7.58. The van der Waals surface area contributed by atoms with E-state index in [2.05, 4.69) is 25.8 Å². The highest BCUT2D eigenvalue weighted by Crippen LogP contribution is 2.33. The van der Waals surface area contributed by atoms with Crippen molar-refractivity contribution in [1.82, 2.24) is 9.97 Å². The second-order valence-corrected chi connectivity index (χ2v) is 6.75. The Bertz CT molecular complexity index is 1120. The normalized spacial score (nSPS) is 12.0. The molecule has 0 aliphatic rings. The third-order valence-electron chi connectivity index (χ3n) is 4.54. The first kappa shape index (κ1) is 23.3. The molecule has 1 heterocycles. The number of nitrogens with two attached hydrogens (primary N) is 2. The van der Waals surface area contributed by atoms with Gasteiger partial charge in [-0.3, -0.25) is 5.41 Å². The minimum atomic E-state index is -0.918. The number of hydrogen-bond donors (Lipinski definition) is 5. The van der Waals surface area contributed by atoms with Crippen LogP contribution in [0.1, 0.15) is 24.1 Å². The maximum atomic E-state index is 15.4. The number of nitrogens with one attached hydrogen (secondary N) is 3. The van der Waals surface area contributed by atoms with E-state index in [4.69, 9.17) is 26.4 Å². The van der Waals surface area contributed by atoms with Gasteiger partial charge in [-0.1, -0.05) is 0 Å². The second kappa shape index (κ2) is 10.8. The van der Waals surface area contributed by atoms with Gasteiger partial charge in [0, 0.05) is 35.3 Å². The molecule has 3 aromatic rings. The number of nitrogens with zero attached hydrogens (tertiary/aromatic N) is 3. The molecule has 3 rings (SSSR count). The summed E-state index contributed by atoms with van der Waals surface area (Å²) in [5, 5.41) is 14.8. The van der Waals surface area contributed by atoms with E-state index in [1.54, 1.807) is 49.6 Å². The molecule has 172 valence electrons. The van der Waals surface area contributed by atoms with Crippen molar-refractivity contribution in [1.29, 1.82) is 5.41 Å². The van der Waals surface area contributed by atoms with Crippen LogP contribution in [0.5, 0.6) is 11.5 Å². The number of aromatic nitrogens is 2. The molecule has 2 aromatic carbocycles. The van der Waals surface area contributed by atoms with Gasteiger partial charge in [-0.25, -0.2) is 19.8 Å². The maximum absolute atomic E-state index is 15.4. The summed E-state index contributed by atoms with van der Waals surface area (Å²) in [4.78, 5) is 8.05. The fraction of sp³-hybridized carbons (Fsp3) is 0.182. The molecule has 1 aromatic heterocycles. The summed E-state index contributed by atoms with van der Waals surface area (Å²) in [5.74, 6) is -0.0201. The summed E-state index contributed by atoms with van der Waals surface area (Å²) >= 11 is 0. The number of nitrogen functional groups attached to an aromatic ring is 1. The number of methoxy groups -OCH3 is 1. The molecule has 0 radical (unpaired) electrons. The van der Waals surface area contributed by atoms with Crippen molar-refractivity contribution in [2.24, 2.45) is 16.6 Å². The number of hydrazone groups is 1. The zero-order chi connectivity index (χ0) is 23.8. The van der Waals surface area contributed by atoms with Crippen molar-refractivity contribution in [3.05, 3.63) is 71.8 Å². The lowest BCUT2D eigenvalue weighted by Crippen LogP contribution is -2.30. The summed E-state index contributed by atoms with van der Waals surface area (Å²) in [5.41, 5.74) is 15.8. The van der Waals surface area contributed by atoms with Gasteiger partial charge in [0.05, 0.1) is 13.7 Å².